The van der Waals surface area contributed by atoms with Crippen molar-refractivity contribution in [1.82, 2.24) is 4.90 Å². The number of aliphatic hydroxyl groups excluding tert-OH is 1. The topological polar surface area (TPSA) is 83.9 Å². The van der Waals surface area contributed by atoms with Gasteiger partial charge < -0.3 is 9.84 Å². The summed E-state index contributed by atoms with van der Waals surface area (Å²) in [6, 6.07) is 13.7. The summed E-state index contributed by atoms with van der Waals surface area (Å²) in [6.45, 7) is 0.625. The molecule has 1 heterocycles. The number of ketones is 1. The Bertz CT molecular complexity index is 927. The van der Waals surface area contributed by atoms with Crippen LogP contribution in [0.2, 0.25) is 0 Å². The Hall–Kier alpha value is -2.99. The average Bonchev–Trinajstić information content (AvgIpc) is 3.02. The van der Waals surface area contributed by atoms with E-state index in [1.165, 1.54) is 0 Å². The standard InChI is InChI=1S/C24H25NO5/c26-18-10-8-16(9-11-18)15-30-19-5-3-4-17(14-19)22(27)12-13-25-23(28)20-6-1-2-7-21(20)24(25)29/h1-7,14,16,18,26H,8-13,15H2/t16-,18-. The Morgan fingerprint density at radius 1 is 0.967 bits per heavy atom. The van der Waals surface area contributed by atoms with E-state index < -0.39 is 0 Å². The number of carbonyl (C=O) groups excluding carboxylic acids is 3. The third-order valence-corrected chi connectivity index (χ3v) is 5.90. The maximum atomic E-state index is 12.6. The average molecular weight is 407 g/mol. The van der Waals surface area contributed by atoms with Gasteiger partial charge in [0.2, 0.25) is 0 Å². The van der Waals surface area contributed by atoms with Gasteiger partial charge in [-0.05, 0) is 55.9 Å². The summed E-state index contributed by atoms with van der Waals surface area (Å²) in [7, 11) is 0. The monoisotopic (exact) mass is 407 g/mol. The van der Waals surface area contributed by atoms with E-state index in [-0.39, 0.29) is 36.7 Å². The molecule has 0 aromatic heterocycles. The Balaban J connectivity index is 1.33. The largest absolute Gasteiger partial charge is 0.493 e. The lowest BCUT2D eigenvalue weighted by Gasteiger charge is -2.25. The van der Waals surface area contributed by atoms with Gasteiger partial charge in [0.25, 0.3) is 11.8 Å². The summed E-state index contributed by atoms with van der Waals surface area (Å²) in [4.78, 5) is 38.6. The van der Waals surface area contributed by atoms with Crippen molar-refractivity contribution in [2.45, 2.75) is 38.2 Å². The molecule has 0 spiro atoms. The molecule has 0 radical (unpaired) electrons. The maximum Gasteiger partial charge on any atom is 0.261 e. The van der Waals surface area contributed by atoms with Gasteiger partial charge >= 0.3 is 0 Å². The third kappa shape index (κ3) is 4.28. The predicted octanol–water partition coefficient (Wildman–Crippen LogP) is 3.49. The zero-order chi connectivity index (χ0) is 21.1. The van der Waals surface area contributed by atoms with Gasteiger partial charge in [-0.3, -0.25) is 19.3 Å². The molecule has 2 amide bonds. The molecule has 1 aliphatic heterocycles. The van der Waals surface area contributed by atoms with E-state index in [1.54, 1.807) is 42.5 Å². The molecule has 1 saturated carbocycles. The normalized spacial score (nSPS) is 20.9. The van der Waals surface area contributed by atoms with E-state index >= 15 is 0 Å². The summed E-state index contributed by atoms with van der Waals surface area (Å²) < 4.78 is 5.87. The first-order chi connectivity index (χ1) is 14.5. The summed E-state index contributed by atoms with van der Waals surface area (Å²) in [6.07, 6.45) is 3.38. The van der Waals surface area contributed by atoms with Crippen LogP contribution >= 0.6 is 0 Å². The van der Waals surface area contributed by atoms with E-state index in [2.05, 4.69) is 0 Å². The highest BCUT2D eigenvalue weighted by Gasteiger charge is 2.35. The van der Waals surface area contributed by atoms with Gasteiger partial charge in [0.1, 0.15) is 5.75 Å². The zero-order valence-corrected chi connectivity index (χ0v) is 16.8. The molecule has 1 fully saturated rings. The molecule has 0 unspecified atom stereocenters. The van der Waals surface area contributed by atoms with Crippen LogP contribution in [-0.2, 0) is 0 Å². The van der Waals surface area contributed by atoms with Crippen LogP contribution in [0.4, 0.5) is 0 Å². The van der Waals surface area contributed by atoms with Crippen molar-refractivity contribution in [1.29, 1.82) is 0 Å². The van der Waals surface area contributed by atoms with Gasteiger partial charge in [-0.15, -0.1) is 0 Å². The van der Waals surface area contributed by atoms with E-state index in [4.69, 9.17) is 4.74 Å². The molecule has 4 rings (SSSR count). The Kier molecular flexibility index (Phi) is 5.95. The Morgan fingerprint density at radius 3 is 2.30 bits per heavy atom. The summed E-state index contributed by atoms with van der Waals surface area (Å²) in [5.74, 6) is 0.211. The fraction of sp³-hybridized carbons (Fsp3) is 0.375. The molecule has 0 bridgehead atoms. The van der Waals surface area contributed by atoms with Crippen molar-refractivity contribution in [2.75, 3.05) is 13.2 Å². The lowest BCUT2D eigenvalue weighted by Crippen LogP contribution is -2.31. The summed E-state index contributed by atoms with van der Waals surface area (Å²) >= 11 is 0. The second-order valence-electron chi connectivity index (χ2n) is 7.99. The van der Waals surface area contributed by atoms with Crippen molar-refractivity contribution in [3.05, 3.63) is 65.2 Å². The molecule has 156 valence electrons. The van der Waals surface area contributed by atoms with E-state index in [1.807, 2.05) is 6.07 Å². The molecule has 6 heteroatoms. The number of carbonyl (C=O) groups is 3. The van der Waals surface area contributed by atoms with Crippen molar-refractivity contribution in [3.63, 3.8) is 0 Å². The lowest BCUT2D eigenvalue weighted by molar-refractivity contribution is 0.0649. The number of Topliss-reactive ketones (excluding diaryl/α,β-unsaturated/α-hetero) is 1. The van der Waals surface area contributed by atoms with Gasteiger partial charge in [0.15, 0.2) is 5.78 Å². The van der Waals surface area contributed by atoms with Crippen molar-refractivity contribution < 1.29 is 24.2 Å². The number of ether oxygens (including phenoxy) is 1. The van der Waals surface area contributed by atoms with E-state index in [0.717, 1.165) is 30.6 Å². The lowest BCUT2D eigenvalue weighted by atomic mass is 9.88. The first-order valence-electron chi connectivity index (χ1n) is 10.4. The van der Waals surface area contributed by atoms with Crippen LogP contribution < -0.4 is 4.74 Å². The number of benzene rings is 2. The van der Waals surface area contributed by atoms with Gasteiger partial charge in [0.05, 0.1) is 23.8 Å². The molecule has 0 saturated heterocycles. The van der Waals surface area contributed by atoms with Crippen LogP contribution in [0.1, 0.15) is 63.2 Å². The third-order valence-electron chi connectivity index (χ3n) is 5.90. The second-order valence-corrected chi connectivity index (χ2v) is 7.99. The van der Waals surface area contributed by atoms with Gasteiger partial charge in [-0.1, -0.05) is 24.3 Å². The fourth-order valence-corrected chi connectivity index (χ4v) is 4.08. The quantitative estimate of drug-likeness (QED) is 0.561. The summed E-state index contributed by atoms with van der Waals surface area (Å²) in [5.41, 5.74) is 1.28. The Morgan fingerprint density at radius 2 is 1.63 bits per heavy atom. The first kappa shape index (κ1) is 20.3. The smallest absolute Gasteiger partial charge is 0.261 e. The zero-order valence-electron chi connectivity index (χ0n) is 16.8. The van der Waals surface area contributed by atoms with E-state index in [0.29, 0.717) is 35.0 Å². The van der Waals surface area contributed by atoms with E-state index in [9.17, 15) is 19.5 Å². The number of hydrogen-bond acceptors (Lipinski definition) is 5. The van der Waals surface area contributed by atoms with Gasteiger partial charge in [0, 0.05) is 18.5 Å². The number of rotatable bonds is 7. The molecule has 1 N–H and O–H groups in total. The number of aliphatic hydroxyl groups is 1. The first-order valence-corrected chi connectivity index (χ1v) is 10.4. The molecule has 30 heavy (non-hydrogen) atoms. The minimum Gasteiger partial charge on any atom is -0.493 e. The molecular weight excluding hydrogens is 382 g/mol. The highest BCUT2D eigenvalue weighted by molar-refractivity contribution is 6.21. The number of imide groups is 1. The number of fused-ring (bicyclic) bond motifs is 1. The highest BCUT2D eigenvalue weighted by atomic mass is 16.5. The number of nitrogens with zero attached hydrogens (tertiary/aromatic N) is 1. The van der Waals surface area contributed by atoms with Crippen LogP contribution in [0.25, 0.3) is 0 Å². The van der Waals surface area contributed by atoms with Crippen LogP contribution in [-0.4, -0.2) is 46.9 Å². The molecule has 2 aromatic carbocycles. The predicted molar refractivity (Wildman–Crippen MR) is 111 cm³/mol. The molecule has 2 aromatic rings. The van der Waals surface area contributed by atoms with Crippen molar-refractivity contribution in [2.24, 2.45) is 5.92 Å². The van der Waals surface area contributed by atoms with Crippen LogP contribution in [0, 0.1) is 5.92 Å². The second kappa shape index (κ2) is 8.79. The van der Waals surface area contributed by atoms with Gasteiger partial charge in [-0.2, -0.15) is 0 Å². The Labute approximate surface area is 175 Å². The van der Waals surface area contributed by atoms with Crippen molar-refractivity contribution >= 4 is 17.6 Å². The van der Waals surface area contributed by atoms with Crippen molar-refractivity contribution in [3.8, 4) is 5.75 Å². The highest BCUT2D eigenvalue weighted by Crippen LogP contribution is 2.26. The summed E-state index contributed by atoms with van der Waals surface area (Å²) in [5, 5.41) is 9.60. The fourth-order valence-electron chi connectivity index (χ4n) is 4.08. The molecular formula is C24H25NO5. The molecule has 0 atom stereocenters. The molecule has 2 aliphatic rings. The maximum absolute atomic E-state index is 12.6. The van der Waals surface area contributed by atoms with Crippen LogP contribution in [0.3, 0.4) is 0 Å². The minimum absolute atomic E-state index is 0.0562. The van der Waals surface area contributed by atoms with Crippen LogP contribution in [0.5, 0.6) is 5.75 Å². The number of hydrogen-bond donors (Lipinski definition) is 1. The minimum atomic E-state index is -0.349. The number of amides is 2. The SMILES string of the molecule is O=C(CCN1C(=O)c2ccccc2C1=O)c1cccc(OC[C@H]2CC[C@H](O)CC2)c1. The van der Waals surface area contributed by atoms with Gasteiger partial charge in [-0.25, -0.2) is 0 Å². The van der Waals surface area contributed by atoms with Crippen LogP contribution in [0.15, 0.2) is 48.5 Å². The molecule has 1 aliphatic carbocycles. The molecule has 6 nitrogen and oxygen atoms in total.